The van der Waals surface area contributed by atoms with E-state index in [1.807, 2.05) is 54.9 Å². The molecule has 28 heavy (non-hydrogen) atoms. The van der Waals surface area contributed by atoms with Crippen LogP contribution in [0.2, 0.25) is 0 Å². The zero-order chi connectivity index (χ0) is 20.5. The first-order valence-electron chi connectivity index (χ1n) is 9.38. The molecule has 5 nitrogen and oxygen atoms in total. The van der Waals surface area contributed by atoms with Gasteiger partial charge in [-0.15, -0.1) is 0 Å². The van der Waals surface area contributed by atoms with E-state index in [-0.39, 0.29) is 17.1 Å². The van der Waals surface area contributed by atoms with Gasteiger partial charge < -0.3 is 10.4 Å². The second-order valence-electron chi connectivity index (χ2n) is 8.22. The first kappa shape index (κ1) is 19.7. The Balaban J connectivity index is 1.81. The fraction of sp³-hybridized carbons (Fsp3) is 0.304. The summed E-state index contributed by atoms with van der Waals surface area (Å²) in [6.07, 6.45) is 0. The third kappa shape index (κ3) is 4.42. The molecule has 0 unspecified atom stereocenters. The minimum absolute atomic E-state index is 0.0557. The lowest BCUT2D eigenvalue weighted by molar-refractivity contribution is 0.102. The van der Waals surface area contributed by atoms with E-state index in [2.05, 4.69) is 31.2 Å². The third-order valence-electron chi connectivity index (χ3n) is 4.74. The van der Waals surface area contributed by atoms with E-state index in [4.69, 9.17) is 0 Å². The average Bonchev–Trinajstić information content (AvgIpc) is 2.93. The molecule has 0 spiro atoms. The van der Waals surface area contributed by atoms with Gasteiger partial charge in [0.15, 0.2) is 0 Å². The first-order valence-corrected chi connectivity index (χ1v) is 9.38. The van der Waals surface area contributed by atoms with Crippen LogP contribution in [-0.2, 0) is 12.0 Å². The summed E-state index contributed by atoms with van der Waals surface area (Å²) < 4.78 is 1.92. The number of phenols is 1. The van der Waals surface area contributed by atoms with E-state index in [0.29, 0.717) is 17.8 Å². The molecule has 1 heterocycles. The van der Waals surface area contributed by atoms with Crippen LogP contribution >= 0.6 is 0 Å². The Morgan fingerprint density at radius 1 is 1.11 bits per heavy atom. The Morgan fingerprint density at radius 2 is 1.86 bits per heavy atom. The minimum Gasteiger partial charge on any atom is -0.506 e. The number of aryl methyl sites for hydroxylation is 2. The maximum absolute atomic E-state index is 12.8. The smallest absolute Gasteiger partial charge is 0.255 e. The zero-order valence-electron chi connectivity index (χ0n) is 17.1. The van der Waals surface area contributed by atoms with Crippen LogP contribution < -0.4 is 5.32 Å². The van der Waals surface area contributed by atoms with Crippen molar-refractivity contribution in [2.45, 2.75) is 46.6 Å². The van der Waals surface area contributed by atoms with E-state index in [9.17, 15) is 9.90 Å². The van der Waals surface area contributed by atoms with Crippen LogP contribution in [0.4, 0.5) is 5.69 Å². The predicted octanol–water partition coefficient (Wildman–Crippen LogP) is 4.80. The van der Waals surface area contributed by atoms with E-state index in [1.54, 1.807) is 12.1 Å². The Bertz CT molecular complexity index is 1010. The van der Waals surface area contributed by atoms with Crippen LogP contribution in [0.5, 0.6) is 5.75 Å². The summed E-state index contributed by atoms with van der Waals surface area (Å²) in [5.74, 6) is -0.197. The average molecular weight is 377 g/mol. The monoisotopic (exact) mass is 377 g/mol. The molecule has 5 heteroatoms. The zero-order valence-corrected chi connectivity index (χ0v) is 17.1. The van der Waals surface area contributed by atoms with Crippen molar-refractivity contribution < 1.29 is 9.90 Å². The standard InChI is InChI=1S/C23H27N3O2/c1-15-11-16(2)26(25-15)14-17-7-6-8-18(12-17)22(28)24-20-13-19(23(3,4)5)9-10-21(20)27/h6-13,27H,14H2,1-5H3,(H,24,28). The Kier molecular flexibility index (Phi) is 5.27. The Labute approximate surface area is 166 Å². The van der Waals surface area contributed by atoms with Gasteiger partial charge in [0.05, 0.1) is 17.9 Å². The molecule has 0 radical (unpaired) electrons. The van der Waals surface area contributed by atoms with Crippen molar-refractivity contribution in [2.75, 3.05) is 5.32 Å². The SMILES string of the molecule is Cc1cc(C)n(Cc2cccc(C(=O)Nc3cc(C(C)(C)C)ccc3O)c2)n1. The fourth-order valence-corrected chi connectivity index (χ4v) is 3.12. The maximum atomic E-state index is 12.8. The fourth-order valence-electron chi connectivity index (χ4n) is 3.12. The highest BCUT2D eigenvalue weighted by atomic mass is 16.3. The largest absolute Gasteiger partial charge is 0.506 e. The number of carbonyl (C=O) groups is 1. The number of rotatable bonds is 4. The van der Waals surface area contributed by atoms with Crippen molar-refractivity contribution >= 4 is 11.6 Å². The summed E-state index contributed by atoms with van der Waals surface area (Å²) in [4.78, 5) is 12.8. The van der Waals surface area contributed by atoms with Gasteiger partial charge in [-0.3, -0.25) is 9.48 Å². The van der Waals surface area contributed by atoms with Crippen molar-refractivity contribution in [3.63, 3.8) is 0 Å². The third-order valence-corrected chi connectivity index (χ3v) is 4.74. The number of phenolic OH excluding ortho intramolecular Hbond substituents is 1. The first-order chi connectivity index (χ1) is 13.1. The normalized spacial score (nSPS) is 11.5. The Hall–Kier alpha value is -3.08. The van der Waals surface area contributed by atoms with Gasteiger partial charge in [-0.2, -0.15) is 5.10 Å². The molecular formula is C23H27N3O2. The molecule has 3 aromatic rings. The lowest BCUT2D eigenvalue weighted by atomic mass is 9.87. The number of aromatic nitrogens is 2. The molecule has 146 valence electrons. The second kappa shape index (κ2) is 7.50. The van der Waals surface area contributed by atoms with Gasteiger partial charge in [0, 0.05) is 11.3 Å². The summed E-state index contributed by atoms with van der Waals surface area (Å²) in [6.45, 7) is 10.9. The number of hydrogen-bond acceptors (Lipinski definition) is 3. The number of nitrogens with zero attached hydrogens (tertiary/aromatic N) is 2. The van der Waals surface area contributed by atoms with Crippen molar-refractivity contribution in [1.82, 2.24) is 9.78 Å². The van der Waals surface area contributed by atoms with Gasteiger partial charge in [0.2, 0.25) is 0 Å². The molecule has 0 aliphatic carbocycles. The molecule has 0 aliphatic rings. The highest BCUT2D eigenvalue weighted by Gasteiger charge is 2.17. The van der Waals surface area contributed by atoms with E-state index < -0.39 is 0 Å². The van der Waals surface area contributed by atoms with Crippen molar-refractivity contribution in [3.8, 4) is 5.75 Å². The summed E-state index contributed by atoms with van der Waals surface area (Å²) in [5.41, 5.74) is 4.97. The number of nitrogens with one attached hydrogen (secondary N) is 1. The molecule has 0 aliphatic heterocycles. The van der Waals surface area contributed by atoms with Gasteiger partial charge in [-0.05, 0) is 60.7 Å². The van der Waals surface area contributed by atoms with Crippen LogP contribution in [0.3, 0.4) is 0 Å². The maximum Gasteiger partial charge on any atom is 0.255 e. The topological polar surface area (TPSA) is 67.2 Å². The number of amides is 1. The molecular weight excluding hydrogens is 350 g/mol. The van der Waals surface area contributed by atoms with E-state index >= 15 is 0 Å². The van der Waals surface area contributed by atoms with Crippen LogP contribution in [0.25, 0.3) is 0 Å². The number of carbonyl (C=O) groups excluding carboxylic acids is 1. The van der Waals surface area contributed by atoms with Crippen molar-refractivity contribution in [3.05, 3.63) is 76.6 Å². The summed E-state index contributed by atoms with van der Waals surface area (Å²) in [5, 5.41) is 17.5. The summed E-state index contributed by atoms with van der Waals surface area (Å²) in [7, 11) is 0. The van der Waals surface area contributed by atoms with Gasteiger partial charge in [-0.25, -0.2) is 0 Å². The molecule has 2 N–H and O–H groups in total. The lowest BCUT2D eigenvalue weighted by Gasteiger charge is -2.20. The van der Waals surface area contributed by atoms with Gasteiger partial charge in [-0.1, -0.05) is 39.0 Å². The molecule has 3 rings (SSSR count). The predicted molar refractivity (Wildman–Crippen MR) is 112 cm³/mol. The Morgan fingerprint density at radius 3 is 2.50 bits per heavy atom. The molecule has 0 saturated heterocycles. The molecule has 0 atom stereocenters. The second-order valence-corrected chi connectivity index (χ2v) is 8.22. The minimum atomic E-state index is -0.253. The molecule has 1 amide bonds. The molecule has 0 bridgehead atoms. The van der Waals surface area contributed by atoms with Crippen LogP contribution in [0.15, 0.2) is 48.5 Å². The summed E-state index contributed by atoms with van der Waals surface area (Å²) >= 11 is 0. The van der Waals surface area contributed by atoms with E-state index in [1.165, 1.54) is 0 Å². The lowest BCUT2D eigenvalue weighted by Crippen LogP contribution is -2.15. The van der Waals surface area contributed by atoms with Crippen LogP contribution in [0, 0.1) is 13.8 Å². The van der Waals surface area contributed by atoms with Gasteiger partial charge in [0.1, 0.15) is 5.75 Å². The highest BCUT2D eigenvalue weighted by molar-refractivity contribution is 6.05. The van der Waals surface area contributed by atoms with Gasteiger partial charge in [0.25, 0.3) is 5.91 Å². The van der Waals surface area contributed by atoms with E-state index in [0.717, 1.165) is 22.5 Å². The van der Waals surface area contributed by atoms with Crippen molar-refractivity contribution in [1.29, 1.82) is 0 Å². The van der Waals surface area contributed by atoms with Crippen LogP contribution in [-0.4, -0.2) is 20.8 Å². The molecule has 0 saturated carbocycles. The molecule has 1 aromatic heterocycles. The number of aromatic hydroxyl groups is 1. The van der Waals surface area contributed by atoms with Gasteiger partial charge >= 0.3 is 0 Å². The van der Waals surface area contributed by atoms with Crippen molar-refractivity contribution in [2.24, 2.45) is 0 Å². The summed E-state index contributed by atoms with van der Waals surface area (Å²) in [6, 6.07) is 14.8. The highest BCUT2D eigenvalue weighted by Crippen LogP contribution is 2.31. The van der Waals surface area contributed by atoms with Crippen LogP contribution in [0.1, 0.15) is 53.6 Å². The quantitative estimate of drug-likeness (QED) is 0.642. The number of anilines is 1. The number of hydrogen-bond donors (Lipinski definition) is 2. The molecule has 2 aromatic carbocycles. The number of benzene rings is 2. The molecule has 0 fully saturated rings.